The summed E-state index contributed by atoms with van der Waals surface area (Å²) in [4.78, 5) is 11.0. The molecule has 2 heteroatoms. The summed E-state index contributed by atoms with van der Waals surface area (Å²) in [6.45, 7) is 2.99. The Morgan fingerprint density at radius 3 is 3.08 bits per heavy atom. The third-order valence-corrected chi connectivity index (χ3v) is 3.35. The standard InChI is InChI=1S/C10H16O2/c1-7-4-8-5-9(7)2-3-10(11)12-6-8/h7-9H,2-6H2,1H3/t7?,8-,9-/m1/s1. The van der Waals surface area contributed by atoms with E-state index in [1.54, 1.807) is 0 Å². The minimum absolute atomic E-state index is 0.0128. The van der Waals surface area contributed by atoms with Crippen LogP contribution < -0.4 is 0 Å². The van der Waals surface area contributed by atoms with Crippen molar-refractivity contribution in [1.82, 2.24) is 0 Å². The van der Waals surface area contributed by atoms with Gasteiger partial charge in [0.05, 0.1) is 6.61 Å². The van der Waals surface area contributed by atoms with Crippen molar-refractivity contribution in [3.8, 4) is 0 Å². The topological polar surface area (TPSA) is 26.3 Å². The summed E-state index contributed by atoms with van der Waals surface area (Å²) in [5, 5.41) is 0. The molecule has 68 valence electrons. The smallest absolute Gasteiger partial charge is 0.305 e. The number of carbonyl (C=O) groups excluding carboxylic acids is 1. The van der Waals surface area contributed by atoms with Gasteiger partial charge in [0, 0.05) is 6.42 Å². The van der Waals surface area contributed by atoms with Crippen LogP contribution >= 0.6 is 0 Å². The zero-order valence-corrected chi connectivity index (χ0v) is 7.58. The van der Waals surface area contributed by atoms with E-state index in [1.807, 2.05) is 0 Å². The van der Waals surface area contributed by atoms with Gasteiger partial charge in [0.15, 0.2) is 0 Å². The van der Waals surface area contributed by atoms with E-state index in [0.29, 0.717) is 18.9 Å². The monoisotopic (exact) mass is 168 g/mol. The average molecular weight is 168 g/mol. The molecule has 0 aromatic rings. The molecule has 0 N–H and O–H groups in total. The zero-order valence-electron chi connectivity index (χ0n) is 7.58. The molecule has 2 fully saturated rings. The molecule has 0 aromatic heterocycles. The van der Waals surface area contributed by atoms with Crippen LogP contribution in [0.1, 0.15) is 32.6 Å². The van der Waals surface area contributed by atoms with Gasteiger partial charge in [-0.15, -0.1) is 0 Å². The van der Waals surface area contributed by atoms with E-state index < -0.39 is 0 Å². The first-order chi connectivity index (χ1) is 5.75. The fourth-order valence-electron chi connectivity index (χ4n) is 2.60. The van der Waals surface area contributed by atoms with Crippen molar-refractivity contribution >= 4 is 5.97 Å². The molecule has 2 bridgehead atoms. The maximum atomic E-state index is 11.0. The molecule has 1 saturated carbocycles. The summed E-state index contributed by atoms with van der Waals surface area (Å²) in [5.41, 5.74) is 0. The van der Waals surface area contributed by atoms with Gasteiger partial charge in [0.25, 0.3) is 0 Å². The molecule has 2 aliphatic rings. The number of rotatable bonds is 0. The Balaban J connectivity index is 2.02. The van der Waals surface area contributed by atoms with Crippen molar-refractivity contribution in [3.63, 3.8) is 0 Å². The quantitative estimate of drug-likeness (QED) is 0.517. The second kappa shape index (κ2) is 3.08. The van der Waals surface area contributed by atoms with Crippen LogP contribution in [0.2, 0.25) is 0 Å². The van der Waals surface area contributed by atoms with E-state index in [4.69, 9.17) is 4.74 Å². The number of fused-ring (bicyclic) bond motifs is 2. The van der Waals surface area contributed by atoms with Crippen molar-refractivity contribution in [2.24, 2.45) is 17.8 Å². The van der Waals surface area contributed by atoms with E-state index in [1.165, 1.54) is 12.8 Å². The molecule has 2 nitrogen and oxygen atoms in total. The van der Waals surface area contributed by atoms with Crippen molar-refractivity contribution in [2.45, 2.75) is 32.6 Å². The lowest BCUT2D eigenvalue weighted by atomic mass is 9.93. The van der Waals surface area contributed by atoms with Gasteiger partial charge >= 0.3 is 5.97 Å². The van der Waals surface area contributed by atoms with Gasteiger partial charge in [-0.2, -0.15) is 0 Å². The first kappa shape index (κ1) is 8.09. The molecule has 0 radical (unpaired) electrons. The van der Waals surface area contributed by atoms with E-state index in [-0.39, 0.29) is 5.97 Å². The maximum Gasteiger partial charge on any atom is 0.305 e. The Morgan fingerprint density at radius 2 is 2.25 bits per heavy atom. The summed E-state index contributed by atoms with van der Waals surface area (Å²) in [6, 6.07) is 0. The number of carbonyl (C=O) groups is 1. The van der Waals surface area contributed by atoms with Crippen molar-refractivity contribution in [1.29, 1.82) is 0 Å². The van der Waals surface area contributed by atoms with Crippen LogP contribution in [0.5, 0.6) is 0 Å². The highest BCUT2D eigenvalue weighted by atomic mass is 16.5. The molecule has 1 aliphatic carbocycles. The number of esters is 1. The van der Waals surface area contributed by atoms with Crippen LogP contribution in [0.4, 0.5) is 0 Å². The molecule has 1 heterocycles. The number of ether oxygens (including phenoxy) is 1. The van der Waals surface area contributed by atoms with Crippen molar-refractivity contribution < 1.29 is 9.53 Å². The largest absolute Gasteiger partial charge is 0.465 e. The first-order valence-electron chi connectivity index (χ1n) is 4.91. The summed E-state index contributed by atoms with van der Waals surface area (Å²) in [5.74, 6) is 2.28. The van der Waals surface area contributed by atoms with Gasteiger partial charge in [-0.05, 0) is 37.0 Å². The fraction of sp³-hybridized carbons (Fsp3) is 0.900. The molecule has 2 rings (SSSR count). The van der Waals surface area contributed by atoms with Gasteiger partial charge < -0.3 is 4.74 Å². The van der Waals surface area contributed by atoms with Crippen LogP contribution in [-0.4, -0.2) is 12.6 Å². The summed E-state index contributed by atoms with van der Waals surface area (Å²) in [7, 11) is 0. The highest BCUT2D eigenvalue weighted by Crippen LogP contribution is 2.40. The van der Waals surface area contributed by atoms with Crippen LogP contribution in [0.25, 0.3) is 0 Å². The number of hydrogen-bond acceptors (Lipinski definition) is 2. The minimum Gasteiger partial charge on any atom is -0.465 e. The molecule has 1 saturated heterocycles. The second-order valence-corrected chi connectivity index (χ2v) is 4.30. The molecule has 1 aliphatic heterocycles. The van der Waals surface area contributed by atoms with Gasteiger partial charge in [0.2, 0.25) is 0 Å². The van der Waals surface area contributed by atoms with Crippen LogP contribution in [0.3, 0.4) is 0 Å². The number of cyclic esters (lactones) is 1. The third kappa shape index (κ3) is 1.47. The lowest BCUT2D eigenvalue weighted by molar-refractivity contribution is -0.146. The predicted molar refractivity (Wildman–Crippen MR) is 45.6 cm³/mol. The Hall–Kier alpha value is -0.530. The second-order valence-electron chi connectivity index (χ2n) is 4.30. The van der Waals surface area contributed by atoms with E-state index in [0.717, 1.165) is 18.3 Å². The highest BCUT2D eigenvalue weighted by Gasteiger charge is 2.33. The summed E-state index contributed by atoms with van der Waals surface area (Å²) in [6.07, 6.45) is 4.24. The van der Waals surface area contributed by atoms with Gasteiger partial charge in [-0.25, -0.2) is 0 Å². The molecular formula is C10H16O2. The van der Waals surface area contributed by atoms with E-state index in [2.05, 4.69) is 6.92 Å². The Bertz CT molecular complexity index is 188. The van der Waals surface area contributed by atoms with Crippen LogP contribution in [-0.2, 0) is 9.53 Å². The third-order valence-electron chi connectivity index (χ3n) is 3.35. The normalized spacial score (nSPS) is 41.8. The zero-order chi connectivity index (χ0) is 8.55. The Morgan fingerprint density at radius 1 is 1.42 bits per heavy atom. The molecule has 0 aromatic carbocycles. The number of hydrogen-bond donors (Lipinski definition) is 0. The Labute approximate surface area is 73.3 Å². The summed E-state index contributed by atoms with van der Waals surface area (Å²) < 4.78 is 5.12. The highest BCUT2D eigenvalue weighted by molar-refractivity contribution is 5.69. The van der Waals surface area contributed by atoms with Gasteiger partial charge in [0.1, 0.15) is 0 Å². The van der Waals surface area contributed by atoms with Crippen molar-refractivity contribution in [2.75, 3.05) is 6.61 Å². The lowest BCUT2D eigenvalue weighted by Gasteiger charge is -2.16. The Kier molecular flexibility index (Phi) is 2.07. The SMILES string of the molecule is CC1C[C@H]2COC(=O)CC[C@@H]1C2. The van der Waals surface area contributed by atoms with Crippen LogP contribution in [0.15, 0.2) is 0 Å². The molecule has 0 amide bonds. The first-order valence-corrected chi connectivity index (χ1v) is 4.91. The van der Waals surface area contributed by atoms with Gasteiger partial charge in [-0.3, -0.25) is 4.79 Å². The fourth-order valence-corrected chi connectivity index (χ4v) is 2.60. The van der Waals surface area contributed by atoms with E-state index >= 15 is 0 Å². The van der Waals surface area contributed by atoms with Crippen LogP contribution in [0, 0.1) is 17.8 Å². The molecule has 0 spiro atoms. The average Bonchev–Trinajstić information content (AvgIpc) is 2.38. The molecule has 1 unspecified atom stereocenters. The lowest BCUT2D eigenvalue weighted by Crippen LogP contribution is -2.16. The molecule has 12 heavy (non-hydrogen) atoms. The maximum absolute atomic E-state index is 11.0. The van der Waals surface area contributed by atoms with E-state index in [9.17, 15) is 4.79 Å². The molecule has 3 atom stereocenters. The summed E-state index contributed by atoms with van der Waals surface area (Å²) >= 11 is 0. The van der Waals surface area contributed by atoms with Crippen molar-refractivity contribution in [3.05, 3.63) is 0 Å². The van der Waals surface area contributed by atoms with Gasteiger partial charge in [-0.1, -0.05) is 6.92 Å². The minimum atomic E-state index is 0.0128. The predicted octanol–water partition coefficient (Wildman–Crippen LogP) is 1.99. The molecular weight excluding hydrogens is 152 g/mol.